The van der Waals surface area contributed by atoms with Crippen molar-refractivity contribution in [1.82, 2.24) is 30.6 Å². The number of aromatic nitrogens is 4. The molecule has 8 nitrogen and oxygen atoms in total. The Morgan fingerprint density at radius 3 is 2.81 bits per heavy atom. The Bertz CT molecular complexity index is 676. The van der Waals surface area contributed by atoms with Crippen molar-refractivity contribution in [2.75, 3.05) is 26.2 Å². The van der Waals surface area contributed by atoms with Gasteiger partial charge in [0.1, 0.15) is 6.61 Å². The van der Waals surface area contributed by atoms with Crippen LogP contribution in [0, 0.1) is 0 Å². The molecule has 1 saturated heterocycles. The molecule has 1 fully saturated rings. The zero-order chi connectivity index (χ0) is 16.8. The summed E-state index contributed by atoms with van der Waals surface area (Å²) in [5, 5.41) is 14.6. The number of pyridine rings is 1. The van der Waals surface area contributed by atoms with Crippen LogP contribution in [-0.4, -0.2) is 52.1 Å². The van der Waals surface area contributed by atoms with Gasteiger partial charge in [-0.3, -0.25) is 4.79 Å². The van der Waals surface area contributed by atoms with Gasteiger partial charge in [-0.05, 0) is 32.0 Å². The van der Waals surface area contributed by atoms with Gasteiger partial charge < -0.3 is 15.4 Å². The van der Waals surface area contributed by atoms with Crippen LogP contribution in [0.25, 0.3) is 0 Å². The van der Waals surface area contributed by atoms with E-state index in [1.807, 2.05) is 0 Å². The second-order valence-electron chi connectivity index (χ2n) is 5.48. The van der Waals surface area contributed by atoms with E-state index in [4.69, 9.17) is 16.3 Å². The monoisotopic (exact) mass is 422 g/mol. The van der Waals surface area contributed by atoms with Crippen LogP contribution in [0.4, 0.5) is 0 Å². The van der Waals surface area contributed by atoms with Crippen molar-refractivity contribution in [2.24, 2.45) is 0 Å². The van der Waals surface area contributed by atoms with Crippen molar-refractivity contribution in [2.45, 2.75) is 18.9 Å². The summed E-state index contributed by atoms with van der Waals surface area (Å²) in [6, 6.07) is 3.68. The fraction of sp³-hybridized carbons (Fsp3) is 0.467. The molecule has 0 spiro atoms. The van der Waals surface area contributed by atoms with Gasteiger partial charge in [-0.2, -0.15) is 0 Å². The minimum absolute atomic E-state index is 0. The number of ether oxygens (including phenoxy) is 1. The number of hydrogen-bond donors (Lipinski definition) is 2. The van der Waals surface area contributed by atoms with E-state index in [1.165, 1.54) is 6.20 Å². The Kier molecular flexibility index (Phi) is 9.64. The number of halogens is 3. The van der Waals surface area contributed by atoms with Crippen molar-refractivity contribution in [3.63, 3.8) is 0 Å². The van der Waals surface area contributed by atoms with Gasteiger partial charge in [0, 0.05) is 12.3 Å². The number of hydrogen-bond acceptors (Lipinski definition) is 6. The van der Waals surface area contributed by atoms with Crippen LogP contribution < -0.4 is 15.4 Å². The van der Waals surface area contributed by atoms with E-state index in [9.17, 15) is 4.79 Å². The van der Waals surface area contributed by atoms with Crippen molar-refractivity contribution in [3.8, 4) is 5.88 Å². The van der Waals surface area contributed by atoms with Crippen LogP contribution in [0.5, 0.6) is 5.88 Å². The van der Waals surface area contributed by atoms with Gasteiger partial charge in [0.15, 0.2) is 5.69 Å². The first-order chi connectivity index (χ1) is 11.7. The van der Waals surface area contributed by atoms with Crippen LogP contribution in [-0.2, 0) is 0 Å². The molecule has 26 heavy (non-hydrogen) atoms. The molecule has 3 rings (SSSR count). The lowest BCUT2D eigenvalue weighted by Crippen LogP contribution is -2.30. The van der Waals surface area contributed by atoms with E-state index in [0.29, 0.717) is 35.8 Å². The predicted octanol–water partition coefficient (Wildman–Crippen LogP) is 1.90. The highest BCUT2D eigenvalue weighted by atomic mass is 35.5. The molecule has 11 heteroatoms. The van der Waals surface area contributed by atoms with Crippen LogP contribution in [0.15, 0.2) is 24.5 Å². The van der Waals surface area contributed by atoms with Gasteiger partial charge in [0.2, 0.25) is 5.88 Å². The van der Waals surface area contributed by atoms with Gasteiger partial charge in [-0.25, -0.2) is 9.67 Å². The Balaban J connectivity index is 0.00000169. The van der Waals surface area contributed by atoms with E-state index >= 15 is 0 Å². The third kappa shape index (κ3) is 6.28. The summed E-state index contributed by atoms with van der Waals surface area (Å²) in [6.45, 7) is 2.58. The number of carbonyl (C=O) groups excluding carboxylic acids is 1. The summed E-state index contributed by atoms with van der Waals surface area (Å²) >= 11 is 5.75. The number of amides is 1. The van der Waals surface area contributed by atoms with Crippen molar-refractivity contribution in [1.29, 1.82) is 0 Å². The number of nitrogens with one attached hydrogen (secondary N) is 2. The first-order valence-electron chi connectivity index (χ1n) is 7.87. The third-order valence-electron chi connectivity index (χ3n) is 3.76. The van der Waals surface area contributed by atoms with Crippen LogP contribution in [0.3, 0.4) is 0 Å². The molecule has 0 saturated carbocycles. The molecule has 2 N–H and O–H groups in total. The fourth-order valence-electron chi connectivity index (χ4n) is 2.49. The summed E-state index contributed by atoms with van der Waals surface area (Å²) < 4.78 is 7.20. The largest absolute Gasteiger partial charge is 0.476 e. The molecule has 2 aromatic heterocycles. The van der Waals surface area contributed by atoms with E-state index < -0.39 is 0 Å². The molecular weight excluding hydrogens is 403 g/mol. The molecule has 1 amide bonds. The lowest BCUT2D eigenvalue weighted by molar-refractivity contribution is 0.0941. The molecule has 1 aliphatic heterocycles. The molecule has 0 unspecified atom stereocenters. The van der Waals surface area contributed by atoms with Crippen molar-refractivity contribution >= 4 is 42.3 Å². The number of rotatable bonds is 6. The first kappa shape index (κ1) is 22.4. The van der Waals surface area contributed by atoms with Crippen LogP contribution in [0.2, 0.25) is 5.02 Å². The maximum absolute atomic E-state index is 12.1. The highest BCUT2D eigenvalue weighted by Crippen LogP contribution is 2.17. The van der Waals surface area contributed by atoms with E-state index in [1.54, 1.807) is 23.0 Å². The molecule has 0 atom stereocenters. The van der Waals surface area contributed by atoms with Gasteiger partial charge >= 0.3 is 0 Å². The van der Waals surface area contributed by atoms with E-state index in [2.05, 4.69) is 25.9 Å². The van der Waals surface area contributed by atoms with Gasteiger partial charge in [-0.15, -0.1) is 29.9 Å². The molecule has 0 aromatic carbocycles. The molecule has 0 bridgehead atoms. The number of piperidine rings is 1. The summed E-state index contributed by atoms with van der Waals surface area (Å²) in [5.41, 5.74) is 0.318. The van der Waals surface area contributed by atoms with E-state index in [-0.39, 0.29) is 30.7 Å². The topological polar surface area (TPSA) is 94.0 Å². The van der Waals surface area contributed by atoms with Crippen molar-refractivity contribution < 1.29 is 9.53 Å². The Hall–Kier alpha value is -1.61. The molecule has 1 aliphatic rings. The Morgan fingerprint density at radius 2 is 2.12 bits per heavy atom. The van der Waals surface area contributed by atoms with Gasteiger partial charge in [-0.1, -0.05) is 16.8 Å². The third-order valence-corrected chi connectivity index (χ3v) is 3.99. The lowest BCUT2D eigenvalue weighted by Gasteiger charge is -2.22. The van der Waals surface area contributed by atoms with E-state index in [0.717, 1.165) is 25.9 Å². The smallest absolute Gasteiger partial charge is 0.273 e. The standard InChI is InChI=1S/C15H19ClN6O2.2ClH/c16-11-1-2-14(19-9-11)24-8-7-18-15(23)13-10-22(21-20-13)12-3-5-17-6-4-12;;/h1-2,9-10,12,17H,3-8H2,(H,18,23);2*1H. The predicted molar refractivity (Wildman–Crippen MR) is 103 cm³/mol. The Labute approximate surface area is 168 Å². The minimum atomic E-state index is -0.261. The molecule has 2 aromatic rings. The highest BCUT2D eigenvalue weighted by Gasteiger charge is 2.18. The first-order valence-corrected chi connectivity index (χ1v) is 8.25. The molecular formula is C15H21Cl3N6O2. The second-order valence-corrected chi connectivity index (χ2v) is 5.92. The van der Waals surface area contributed by atoms with Crippen LogP contribution in [0.1, 0.15) is 29.4 Å². The van der Waals surface area contributed by atoms with Gasteiger partial charge in [0.05, 0.1) is 23.8 Å². The Morgan fingerprint density at radius 1 is 1.35 bits per heavy atom. The molecule has 0 aliphatic carbocycles. The number of carbonyl (C=O) groups is 1. The quantitative estimate of drug-likeness (QED) is 0.689. The molecule has 3 heterocycles. The summed E-state index contributed by atoms with van der Waals surface area (Å²) in [4.78, 5) is 16.1. The lowest BCUT2D eigenvalue weighted by atomic mass is 10.1. The second kappa shape index (κ2) is 11.2. The van der Waals surface area contributed by atoms with Crippen molar-refractivity contribution in [3.05, 3.63) is 35.2 Å². The normalized spacial score (nSPS) is 14.0. The molecule has 144 valence electrons. The fourth-order valence-corrected chi connectivity index (χ4v) is 2.60. The zero-order valence-electron chi connectivity index (χ0n) is 13.9. The van der Waals surface area contributed by atoms with Gasteiger partial charge in [0.25, 0.3) is 5.91 Å². The summed E-state index contributed by atoms with van der Waals surface area (Å²) in [6.07, 6.45) is 5.19. The average molecular weight is 424 g/mol. The average Bonchev–Trinajstić information content (AvgIpc) is 3.11. The maximum atomic E-state index is 12.1. The summed E-state index contributed by atoms with van der Waals surface area (Å²) in [7, 11) is 0. The zero-order valence-corrected chi connectivity index (χ0v) is 16.3. The summed E-state index contributed by atoms with van der Waals surface area (Å²) in [5.74, 6) is 0.202. The minimum Gasteiger partial charge on any atom is -0.476 e. The maximum Gasteiger partial charge on any atom is 0.273 e. The molecule has 0 radical (unpaired) electrons. The SMILES string of the molecule is Cl.Cl.O=C(NCCOc1ccc(Cl)cn1)c1cn(C2CCNCC2)nn1. The highest BCUT2D eigenvalue weighted by molar-refractivity contribution is 6.30. The number of nitrogens with zero attached hydrogens (tertiary/aromatic N) is 4. The van der Waals surface area contributed by atoms with Crippen LogP contribution >= 0.6 is 36.4 Å².